The van der Waals surface area contributed by atoms with Gasteiger partial charge in [-0.15, -0.1) is 0 Å². The molecule has 0 heterocycles. The van der Waals surface area contributed by atoms with Crippen molar-refractivity contribution in [1.82, 2.24) is 0 Å². The monoisotopic (exact) mass is 593 g/mol. The third kappa shape index (κ3) is 33.9. The number of rotatable bonds is 26. The summed E-state index contributed by atoms with van der Waals surface area (Å²) in [7, 11) is 0. The lowest BCUT2D eigenvalue weighted by atomic mass is 9.91. The molecule has 252 valence electrons. The molecule has 0 radical (unpaired) electrons. The van der Waals surface area contributed by atoms with E-state index in [9.17, 15) is 0 Å². The second-order valence-corrected chi connectivity index (χ2v) is 15.2. The van der Waals surface area contributed by atoms with Crippen LogP contribution in [0.25, 0.3) is 0 Å². The van der Waals surface area contributed by atoms with Crippen LogP contribution in [0.4, 0.5) is 0 Å². The first kappa shape index (κ1) is 43.5. The van der Waals surface area contributed by atoms with Gasteiger partial charge in [-0.3, -0.25) is 0 Å². The van der Waals surface area contributed by atoms with Gasteiger partial charge in [0, 0.05) is 0 Å². The predicted molar refractivity (Wildman–Crippen MR) is 191 cm³/mol. The van der Waals surface area contributed by atoms with E-state index in [1.54, 1.807) is 0 Å². The molecule has 0 rings (SSSR count). The Kier molecular flexibility index (Phi) is 31.5. The maximum absolute atomic E-state index is 8.83. The van der Waals surface area contributed by atoms with Crippen LogP contribution in [0.2, 0.25) is 0 Å². The average molecular weight is 593 g/mol. The highest BCUT2D eigenvalue weighted by Gasteiger charge is 2.08. The summed E-state index contributed by atoms with van der Waals surface area (Å²) in [5, 5.41) is 17.7. The van der Waals surface area contributed by atoms with Gasteiger partial charge in [0.1, 0.15) is 0 Å². The number of hydrogen-bond donors (Lipinski definition) is 2. The maximum atomic E-state index is 8.83. The molecule has 0 aliphatic heterocycles. The molecule has 0 spiro atoms. The first-order valence-electron chi connectivity index (χ1n) is 18.4. The van der Waals surface area contributed by atoms with Gasteiger partial charge < -0.3 is 10.2 Å². The summed E-state index contributed by atoms with van der Waals surface area (Å²) < 4.78 is 0. The predicted octanol–water partition coefficient (Wildman–Crippen LogP) is 12.7. The molecule has 0 fully saturated rings. The highest BCUT2D eigenvalue weighted by Crippen LogP contribution is 2.23. The molecule has 0 aliphatic rings. The Labute approximate surface area is 266 Å². The minimum Gasteiger partial charge on any atom is -0.392 e. The van der Waals surface area contributed by atoms with Crippen molar-refractivity contribution in [3.8, 4) is 0 Å². The van der Waals surface area contributed by atoms with Crippen LogP contribution in [0.5, 0.6) is 0 Å². The Morgan fingerprint density at radius 1 is 0.405 bits per heavy atom. The fourth-order valence-corrected chi connectivity index (χ4v) is 5.93. The van der Waals surface area contributed by atoms with E-state index in [1.807, 2.05) is 12.2 Å². The number of allylic oxidation sites excluding steroid dienone is 2. The van der Waals surface area contributed by atoms with E-state index in [4.69, 9.17) is 10.2 Å². The van der Waals surface area contributed by atoms with Gasteiger partial charge in [-0.05, 0) is 75.0 Å². The quantitative estimate of drug-likeness (QED) is 0.0981. The van der Waals surface area contributed by atoms with Crippen molar-refractivity contribution in [2.45, 2.75) is 185 Å². The molecule has 42 heavy (non-hydrogen) atoms. The molecule has 0 aliphatic carbocycles. The lowest BCUT2D eigenvalue weighted by molar-refractivity contribution is 0.341. The van der Waals surface area contributed by atoms with Crippen LogP contribution in [0, 0.1) is 35.5 Å². The Hall–Kier alpha value is -0.600. The summed E-state index contributed by atoms with van der Waals surface area (Å²) in [6.07, 6.45) is 28.2. The molecule has 0 aromatic rings. The molecule has 0 bridgehead atoms. The highest BCUT2D eigenvalue weighted by molar-refractivity contribution is 4.98. The third-order valence-electron chi connectivity index (χ3n) is 9.16. The van der Waals surface area contributed by atoms with Gasteiger partial charge in [-0.25, -0.2) is 0 Å². The van der Waals surface area contributed by atoms with Crippen molar-refractivity contribution >= 4 is 0 Å². The topological polar surface area (TPSA) is 40.5 Å². The molecular weight excluding hydrogens is 512 g/mol. The van der Waals surface area contributed by atoms with Gasteiger partial charge in [-0.1, -0.05) is 169 Å². The second-order valence-electron chi connectivity index (χ2n) is 15.2. The normalized spacial score (nSPS) is 15.5. The van der Waals surface area contributed by atoms with Crippen LogP contribution in [0.15, 0.2) is 23.3 Å². The molecule has 0 saturated heterocycles. The van der Waals surface area contributed by atoms with Gasteiger partial charge in [-0.2, -0.15) is 0 Å². The summed E-state index contributed by atoms with van der Waals surface area (Å²) in [6.45, 7) is 23.6. The zero-order valence-corrected chi connectivity index (χ0v) is 30.7. The Morgan fingerprint density at radius 2 is 0.643 bits per heavy atom. The van der Waals surface area contributed by atoms with Crippen LogP contribution >= 0.6 is 0 Å². The fraction of sp³-hybridized carbons (Fsp3) is 0.900. The van der Waals surface area contributed by atoms with Crippen molar-refractivity contribution in [3.63, 3.8) is 0 Å². The number of aliphatic hydroxyl groups is 2. The lowest BCUT2D eigenvalue weighted by Gasteiger charge is -2.15. The smallest absolute Gasteiger partial charge is 0.0614 e. The van der Waals surface area contributed by atoms with Crippen LogP contribution in [0.3, 0.4) is 0 Å². The average Bonchev–Trinajstić information content (AvgIpc) is 2.89. The molecule has 4 unspecified atom stereocenters. The first-order chi connectivity index (χ1) is 19.9. The van der Waals surface area contributed by atoms with E-state index >= 15 is 0 Å². The molecular formula is C40H80O2. The first-order valence-corrected chi connectivity index (χ1v) is 18.4. The minimum absolute atomic E-state index is 0.191. The Morgan fingerprint density at radius 3 is 0.881 bits per heavy atom. The van der Waals surface area contributed by atoms with Crippen molar-refractivity contribution in [2.75, 3.05) is 13.2 Å². The van der Waals surface area contributed by atoms with E-state index in [1.165, 1.54) is 114 Å². The summed E-state index contributed by atoms with van der Waals surface area (Å²) in [5.74, 6) is 5.25. The molecule has 2 nitrogen and oxygen atoms in total. The Balaban J connectivity index is 0. The van der Waals surface area contributed by atoms with Crippen molar-refractivity contribution in [2.24, 2.45) is 35.5 Å². The van der Waals surface area contributed by atoms with E-state index in [0.29, 0.717) is 0 Å². The summed E-state index contributed by atoms with van der Waals surface area (Å²) in [4.78, 5) is 0. The summed E-state index contributed by atoms with van der Waals surface area (Å²) in [5.41, 5.74) is 2.67. The van der Waals surface area contributed by atoms with Crippen LogP contribution in [-0.2, 0) is 0 Å². The van der Waals surface area contributed by atoms with E-state index in [2.05, 4.69) is 69.2 Å². The van der Waals surface area contributed by atoms with Gasteiger partial charge in [0.05, 0.1) is 13.2 Å². The number of hydrogen-bond acceptors (Lipinski definition) is 2. The van der Waals surface area contributed by atoms with Gasteiger partial charge in [0.25, 0.3) is 0 Å². The summed E-state index contributed by atoms with van der Waals surface area (Å²) in [6, 6.07) is 0. The van der Waals surface area contributed by atoms with Crippen molar-refractivity contribution in [3.05, 3.63) is 23.3 Å². The maximum Gasteiger partial charge on any atom is 0.0614 e. The van der Waals surface area contributed by atoms with E-state index in [0.717, 1.165) is 48.3 Å². The SMILES string of the molecule is C/C(=C\CO)CCCC(C)CCCC(C)CCCC(C)C.C/C(=C\CO)CCCC(C)CCCC(C)CCCC(C)C. The number of aliphatic hydroxyl groups excluding tert-OH is 2. The van der Waals surface area contributed by atoms with Crippen LogP contribution in [-0.4, -0.2) is 23.4 Å². The van der Waals surface area contributed by atoms with Crippen LogP contribution in [0.1, 0.15) is 185 Å². The standard InChI is InChI=1S/2C20H40O/c2*1-17(2)9-6-10-18(3)11-7-12-19(4)13-8-14-20(5)15-16-21/h2*15,17-19,21H,6-14,16H2,1-5H3/b2*20-15+. The minimum atomic E-state index is 0.191. The molecule has 0 amide bonds. The fourth-order valence-electron chi connectivity index (χ4n) is 5.93. The highest BCUT2D eigenvalue weighted by atomic mass is 16.3. The molecule has 4 atom stereocenters. The third-order valence-corrected chi connectivity index (χ3v) is 9.16. The molecule has 2 N–H and O–H groups in total. The van der Waals surface area contributed by atoms with Crippen molar-refractivity contribution < 1.29 is 10.2 Å². The largest absolute Gasteiger partial charge is 0.392 e. The molecule has 0 saturated carbocycles. The van der Waals surface area contributed by atoms with Crippen molar-refractivity contribution in [1.29, 1.82) is 0 Å². The van der Waals surface area contributed by atoms with Gasteiger partial charge in [0.15, 0.2) is 0 Å². The van der Waals surface area contributed by atoms with Gasteiger partial charge in [0.2, 0.25) is 0 Å². The zero-order valence-electron chi connectivity index (χ0n) is 30.7. The van der Waals surface area contributed by atoms with E-state index < -0.39 is 0 Å². The van der Waals surface area contributed by atoms with E-state index in [-0.39, 0.29) is 13.2 Å². The molecule has 2 heteroatoms. The lowest BCUT2D eigenvalue weighted by Crippen LogP contribution is -2.00. The Bertz CT molecular complexity index is 563. The van der Waals surface area contributed by atoms with Crippen LogP contribution < -0.4 is 0 Å². The zero-order chi connectivity index (χ0) is 32.2. The van der Waals surface area contributed by atoms with Gasteiger partial charge >= 0.3 is 0 Å². The molecule has 0 aromatic carbocycles. The molecule has 0 aromatic heterocycles. The second kappa shape index (κ2) is 30.4. The summed E-state index contributed by atoms with van der Waals surface area (Å²) >= 11 is 0.